The molecule has 2 aromatic carbocycles. The maximum Gasteiger partial charge on any atom is 0.200 e. The number of hydrogen-bond acceptors (Lipinski definition) is 5. The molecule has 0 spiro atoms. The highest BCUT2D eigenvalue weighted by molar-refractivity contribution is 9.10. The third-order valence-corrected chi connectivity index (χ3v) is 4.59. The standard InChI is InChI=1S/C19H20BrNO4/c1-23-9-7-21(8-10-24-2)18-12-16(22)19-15-5-4-14(20)11-13(15)3-6-17(19)25-18/h3-6,11-12H,7-10H2,1-2H3. The molecule has 1 heterocycles. The van der Waals surface area contributed by atoms with Crippen LogP contribution in [0.1, 0.15) is 0 Å². The minimum atomic E-state index is -0.0518. The third kappa shape index (κ3) is 3.86. The van der Waals surface area contributed by atoms with E-state index in [4.69, 9.17) is 13.9 Å². The fraction of sp³-hybridized carbons (Fsp3) is 0.316. The summed E-state index contributed by atoms with van der Waals surface area (Å²) in [7, 11) is 3.30. The minimum Gasteiger partial charge on any atom is -0.440 e. The Morgan fingerprint density at radius 3 is 2.44 bits per heavy atom. The van der Waals surface area contributed by atoms with Gasteiger partial charge in [-0.25, -0.2) is 0 Å². The van der Waals surface area contributed by atoms with Gasteiger partial charge >= 0.3 is 0 Å². The lowest BCUT2D eigenvalue weighted by Crippen LogP contribution is -2.31. The molecular weight excluding hydrogens is 386 g/mol. The molecule has 0 aliphatic rings. The highest BCUT2D eigenvalue weighted by Gasteiger charge is 2.14. The van der Waals surface area contributed by atoms with Crippen molar-refractivity contribution in [3.63, 3.8) is 0 Å². The molecule has 0 amide bonds. The second-order valence-corrected chi connectivity index (χ2v) is 6.64. The zero-order chi connectivity index (χ0) is 17.8. The number of halogens is 1. The van der Waals surface area contributed by atoms with Gasteiger partial charge in [-0.15, -0.1) is 0 Å². The smallest absolute Gasteiger partial charge is 0.200 e. The van der Waals surface area contributed by atoms with Gasteiger partial charge in [-0.3, -0.25) is 4.79 Å². The second kappa shape index (κ2) is 7.99. The van der Waals surface area contributed by atoms with Crippen molar-refractivity contribution in [2.24, 2.45) is 0 Å². The van der Waals surface area contributed by atoms with E-state index in [-0.39, 0.29) is 5.43 Å². The predicted octanol–water partition coefficient (Wildman–Crippen LogP) is 3.81. The predicted molar refractivity (Wildman–Crippen MR) is 104 cm³/mol. The first-order chi connectivity index (χ1) is 12.1. The molecule has 0 aliphatic carbocycles. The summed E-state index contributed by atoms with van der Waals surface area (Å²) in [5.41, 5.74) is 0.529. The van der Waals surface area contributed by atoms with E-state index in [2.05, 4.69) is 15.9 Å². The van der Waals surface area contributed by atoms with Crippen LogP contribution in [0.5, 0.6) is 0 Å². The van der Waals surface area contributed by atoms with E-state index < -0.39 is 0 Å². The Balaban J connectivity index is 2.10. The van der Waals surface area contributed by atoms with Crippen molar-refractivity contribution in [1.29, 1.82) is 0 Å². The van der Waals surface area contributed by atoms with Gasteiger partial charge in [0, 0.05) is 37.8 Å². The quantitative estimate of drug-likeness (QED) is 0.559. The summed E-state index contributed by atoms with van der Waals surface area (Å²) in [6.07, 6.45) is 0. The van der Waals surface area contributed by atoms with E-state index in [9.17, 15) is 4.79 Å². The summed E-state index contributed by atoms with van der Waals surface area (Å²) in [6.45, 7) is 2.32. The Hall–Kier alpha value is -1.89. The molecule has 3 aromatic rings. The molecule has 6 heteroatoms. The Labute approximate surface area is 154 Å². The number of nitrogens with zero attached hydrogens (tertiary/aromatic N) is 1. The molecule has 0 bridgehead atoms. The minimum absolute atomic E-state index is 0.0518. The van der Waals surface area contributed by atoms with Crippen molar-refractivity contribution in [3.05, 3.63) is 51.1 Å². The number of rotatable bonds is 7. The molecule has 0 fully saturated rings. The number of anilines is 1. The zero-order valence-electron chi connectivity index (χ0n) is 14.3. The van der Waals surface area contributed by atoms with Crippen LogP contribution in [0.15, 0.2) is 50.1 Å². The van der Waals surface area contributed by atoms with E-state index in [1.165, 1.54) is 0 Å². The number of hydrogen-bond donors (Lipinski definition) is 0. The van der Waals surface area contributed by atoms with E-state index in [1.807, 2.05) is 35.2 Å². The first kappa shape index (κ1) is 17.9. The zero-order valence-corrected chi connectivity index (χ0v) is 15.8. The molecule has 25 heavy (non-hydrogen) atoms. The largest absolute Gasteiger partial charge is 0.440 e. The van der Waals surface area contributed by atoms with Gasteiger partial charge in [0.25, 0.3) is 0 Å². The van der Waals surface area contributed by atoms with Crippen molar-refractivity contribution in [2.75, 3.05) is 45.4 Å². The Kier molecular flexibility index (Phi) is 5.73. The van der Waals surface area contributed by atoms with E-state index in [0.29, 0.717) is 43.2 Å². The molecule has 3 rings (SSSR count). The molecule has 0 unspecified atom stereocenters. The van der Waals surface area contributed by atoms with Crippen molar-refractivity contribution >= 4 is 43.6 Å². The van der Waals surface area contributed by atoms with Crippen molar-refractivity contribution in [3.8, 4) is 0 Å². The monoisotopic (exact) mass is 405 g/mol. The summed E-state index contributed by atoms with van der Waals surface area (Å²) >= 11 is 3.46. The molecule has 0 aliphatic heterocycles. The maximum absolute atomic E-state index is 12.8. The van der Waals surface area contributed by atoms with E-state index >= 15 is 0 Å². The van der Waals surface area contributed by atoms with Crippen molar-refractivity contribution in [2.45, 2.75) is 0 Å². The molecular formula is C19H20BrNO4. The van der Waals surface area contributed by atoms with Crippen LogP contribution in [0.25, 0.3) is 21.7 Å². The molecule has 0 radical (unpaired) electrons. The first-order valence-electron chi connectivity index (χ1n) is 8.03. The maximum atomic E-state index is 12.8. The number of benzene rings is 2. The van der Waals surface area contributed by atoms with Crippen molar-refractivity contribution in [1.82, 2.24) is 0 Å². The Bertz CT molecular complexity index is 930. The van der Waals surface area contributed by atoms with Crippen LogP contribution in [-0.2, 0) is 9.47 Å². The average Bonchev–Trinajstić information content (AvgIpc) is 2.61. The van der Waals surface area contributed by atoms with Gasteiger partial charge in [0.15, 0.2) is 11.3 Å². The summed E-state index contributed by atoms with van der Waals surface area (Å²) in [5, 5.41) is 2.49. The average molecular weight is 406 g/mol. The summed E-state index contributed by atoms with van der Waals surface area (Å²) in [5.74, 6) is 0.531. The molecule has 1 aromatic heterocycles. The number of methoxy groups -OCH3 is 2. The second-order valence-electron chi connectivity index (χ2n) is 5.73. The van der Waals surface area contributed by atoms with Gasteiger partial charge in [0.1, 0.15) is 5.58 Å². The SMILES string of the molecule is COCCN(CCOC)c1cc(=O)c2c(ccc3cc(Br)ccc32)o1. The van der Waals surface area contributed by atoms with Gasteiger partial charge in [0.2, 0.25) is 0 Å². The van der Waals surface area contributed by atoms with Gasteiger partial charge < -0.3 is 18.8 Å². The van der Waals surface area contributed by atoms with Gasteiger partial charge in [0.05, 0.1) is 18.6 Å². The van der Waals surface area contributed by atoms with Crippen LogP contribution in [0.4, 0.5) is 5.88 Å². The van der Waals surface area contributed by atoms with Crippen LogP contribution in [0.3, 0.4) is 0 Å². The van der Waals surface area contributed by atoms with Crippen LogP contribution < -0.4 is 10.3 Å². The molecule has 0 saturated carbocycles. The van der Waals surface area contributed by atoms with E-state index in [1.54, 1.807) is 20.3 Å². The number of fused-ring (bicyclic) bond motifs is 3. The molecule has 5 nitrogen and oxygen atoms in total. The first-order valence-corrected chi connectivity index (χ1v) is 8.82. The summed E-state index contributed by atoms with van der Waals surface area (Å²) in [4.78, 5) is 14.7. The molecule has 0 N–H and O–H groups in total. The lowest BCUT2D eigenvalue weighted by atomic mass is 10.1. The molecule has 132 valence electrons. The lowest BCUT2D eigenvalue weighted by Gasteiger charge is -2.22. The molecule has 0 saturated heterocycles. The van der Waals surface area contributed by atoms with Gasteiger partial charge in [-0.2, -0.15) is 0 Å². The highest BCUT2D eigenvalue weighted by atomic mass is 79.9. The summed E-state index contributed by atoms with van der Waals surface area (Å²) < 4.78 is 17.3. The number of ether oxygens (including phenoxy) is 2. The van der Waals surface area contributed by atoms with E-state index in [0.717, 1.165) is 15.2 Å². The van der Waals surface area contributed by atoms with Crippen LogP contribution in [0.2, 0.25) is 0 Å². The Morgan fingerprint density at radius 2 is 1.76 bits per heavy atom. The fourth-order valence-corrected chi connectivity index (χ4v) is 3.22. The third-order valence-electron chi connectivity index (χ3n) is 4.10. The topological polar surface area (TPSA) is 51.9 Å². The van der Waals surface area contributed by atoms with Crippen LogP contribution >= 0.6 is 15.9 Å². The highest BCUT2D eigenvalue weighted by Crippen LogP contribution is 2.28. The molecule has 0 atom stereocenters. The lowest BCUT2D eigenvalue weighted by molar-refractivity contribution is 0.188. The normalized spacial score (nSPS) is 11.3. The summed E-state index contributed by atoms with van der Waals surface area (Å²) in [6, 6.07) is 11.2. The Morgan fingerprint density at radius 1 is 1.04 bits per heavy atom. The van der Waals surface area contributed by atoms with Gasteiger partial charge in [-0.05, 0) is 29.0 Å². The van der Waals surface area contributed by atoms with Crippen LogP contribution in [0, 0.1) is 0 Å². The van der Waals surface area contributed by atoms with Crippen molar-refractivity contribution < 1.29 is 13.9 Å². The van der Waals surface area contributed by atoms with Crippen LogP contribution in [-0.4, -0.2) is 40.5 Å². The fourth-order valence-electron chi connectivity index (χ4n) is 2.84. The van der Waals surface area contributed by atoms with Gasteiger partial charge in [-0.1, -0.05) is 28.1 Å².